The van der Waals surface area contributed by atoms with Crippen molar-refractivity contribution in [2.75, 3.05) is 32.1 Å². The summed E-state index contributed by atoms with van der Waals surface area (Å²) in [5.41, 5.74) is 2.93. The first kappa shape index (κ1) is 35.1. The molecule has 242 valence electrons. The van der Waals surface area contributed by atoms with Gasteiger partial charge in [0.1, 0.15) is 11.6 Å². The van der Waals surface area contributed by atoms with Gasteiger partial charge in [0.15, 0.2) is 0 Å². The molecule has 3 aromatic rings. The van der Waals surface area contributed by atoms with E-state index in [0.717, 1.165) is 36.6 Å². The van der Waals surface area contributed by atoms with Crippen molar-refractivity contribution in [3.05, 3.63) is 100 Å². The second-order valence-corrected chi connectivity index (χ2v) is 11.0. The molecule has 0 saturated heterocycles. The number of anilines is 1. The maximum atomic E-state index is 14.0. The van der Waals surface area contributed by atoms with E-state index in [1.165, 1.54) is 13.2 Å². The number of nitrogens with zero attached hydrogens (tertiary/aromatic N) is 1. The van der Waals surface area contributed by atoms with E-state index >= 15 is 0 Å². The van der Waals surface area contributed by atoms with Crippen molar-refractivity contribution >= 4 is 23.6 Å². The lowest BCUT2D eigenvalue weighted by Crippen LogP contribution is -2.48. The van der Waals surface area contributed by atoms with Crippen molar-refractivity contribution in [3.8, 4) is 0 Å². The molecule has 2 atom stereocenters. The molecule has 3 rings (SSSR count). The summed E-state index contributed by atoms with van der Waals surface area (Å²) in [5.74, 6) is -2.24. The van der Waals surface area contributed by atoms with E-state index in [-0.39, 0.29) is 30.0 Å². The lowest BCUT2D eigenvalue weighted by Gasteiger charge is -2.25. The van der Waals surface area contributed by atoms with Crippen LogP contribution in [0.4, 0.5) is 19.3 Å². The van der Waals surface area contributed by atoms with Gasteiger partial charge in [-0.2, -0.15) is 0 Å². The Morgan fingerprint density at radius 1 is 0.911 bits per heavy atom. The van der Waals surface area contributed by atoms with Crippen LogP contribution in [0.3, 0.4) is 0 Å². The number of carbonyl (C=O) groups is 3. The third-order valence-corrected chi connectivity index (χ3v) is 7.06. The van der Waals surface area contributed by atoms with E-state index in [4.69, 9.17) is 0 Å². The Kier molecular flexibility index (Phi) is 13.4. The van der Waals surface area contributed by atoms with Crippen molar-refractivity contribution in [2.24, 2.45) is 0 Å². The third kappa shape index (κ3) is 10.9. The molecule has 0 aliphatic carbocycles. The fraction of sp³-hybridized carbons (Fsp3) is 0.382. The number of benzene rings is 3. The molecule has 3 aromatic carbocycles. The standard InChI is InChI=1S/C34H42F2N4O5/c1-5-10-40(11-6-2)33(43)26-13-22(3)12-25(18-26)32(42)39-30(17-24-14-27(35)19-28(36)15-24)31(41)21-37-20-23-8-7-9-29(16-23)38-34(44)45-4/h7-9,12-16,18-19,30-31,37,41H,5-6,10-11,17,20-21H2,1-4H3,(H,38,44)(H,39,42)/t30-,31+/m0/s1. The molecular weight excluding hydrogens is 582 g/mol. The molecule has 11 heteroatoms. The molecule has 0 fully saturated rings. The van der Waals surface area contributed by atoms with Gasteiger partial charge in [-0.1, -0.05) is 26.0 Å². The number of nitrogens with one attached hydrogen (secondary N) is 3. The number of aliphatic hydroxyl groups excluding tert-OH is 1. The summed E-state index contributed by atoms with van der Waals surface area (Å²) in [4.78, 5) is 40.1. The lowest BCUT2D eigenvalue weighted by atomic mass is 9.99. The summed E-state index contributed by atoms with van der Waals surface area (Å²) in [6.45, 7) is 7.32. The molecule has 0 bridgehead atoms. The Bertz CT molecular complexity index is 1440. The van der Waals surface area contributed by atoms with Crippen LogP contribution in [0.25, 0.3) is 0 Å². The Labute approximate surface area is 263 Å². The van der Waals surface area contributed by atoms with Crippen LogP contribution in [0, 0.1) is 18.6 Å². The van der Waals surface area contributed by atoms with Crippen LogP contribution in [-0.2, 0) is 17.7 Å². The highest BCUT2D eigenvalue weighted by Gasteiger charge is 2.24. The molecule has 4 N–H and O–H groups in total. The van der Waals surface area contributed by atoms with Gasteiger partial charge in [-0.3, -0.25) is 14.9 Å². The minimum atomic E-state index is -1.16. The third-order valence-electron chi connectivity index (χ3n) is 7.06. The molecule has 0 saturated carbocycles. The second-order valence-electron chi connectivity index (χ2n) is 11.0. The average molecular weight is 625 g/mol. The summed E-state index contributed by atoms with van der Waals surface area (Å²) in [6.07, 6.45) is -0.219. The zero-order valence-electron chi connectivity index (χ0n) is 26.2. The van der Waals surface area contributed by atoms with E-state index in [2.05, 4.69) is 20.7 Å². The van der Waals surface area contributed by atoms with Crippen LogP contribution in [0.15, 0.2) is 60.7 Å². The van der Waals surface area contributed by atoms with Crippen LogP contribution in [0.5, 0.6) is 0 Å². The number of amides is 3. The minimum Gasteiger partial charge on any atom is -0.453 e. The van der Waals surface area contributed by atoms with Crippen molar-refractivity contribution in [1.82, 2.24) is 15.5 Å². The van der Waals surface area contributed by atoms with Gasteiger partial charge in [0.25, 0.3) is 11.8 Å². The number of methoxy groups -OCH3 is 1. The van der Waals surface area contributed by atoms with Gasteiger partial charge in [0.2, 0.25) is 0 Å². The number of hydrogen-bond acceptors (Lipinski definition) is 6. The number of aliphatic hydroxyl groups is 1. The SMILES string of the molecule is CCCN(CCC)C(=O)c1cc(C)cc(C(=O)N[C@@H](Cc2cc(F)cc(F)c2)[C@H](O)CNCc2cccc(NC(=O)OC)c2)c1. The Balaban J connectivity index is 1.78. The van der Waals surface area contributed by atoms with Gasteiger partial charge in [-0.05, 0) is 85.3 Å². The van der Waals surface area contributed by atoms with Gasteiger partial charge in [-0.15, -0.1) is 0 Å². The van der Waals surface area contributed by atoms with Gasteiger partial charge in [0, 0.05) is 49.1 Å². The lowest BCUT2D eigenvalue weighted by molar-refractivity contribution is 0.0755. The van der Waals surface area contributed by atoms with Crippen molar-refractivity contribution in [1.29, 1.82) is 0 Å². The number of carbonyl (C=O) groups excluding carboxylic acids is 3. The summed E-state index contributed by atoms with van der Waals surface area (Å²) >= 11 is 0. The van der Waals surface area contributed by atoms with Gasteiger partial charge in [0.05, 0.1) is 19.3 Å². The second kappa shape index (κ2) is 17.2. The van der Waals surface area contributed by atoms with E-state index in [1.807, 2.05) is 19.9 Å². The van der Waals surface area contributed by atoms with E-state index in [1.54, 1.807) is 42.2 Å². The highest BCUT2D eigenvalue weighted by atomic mass is 19.1. The molecular formula is C34H42F2N4O5. The molecule has 9 nitrogen and oxygen atoms in total. The maximum absolute atomic E-state index is 14.0. The largest absolute Gasteiger partial charge is 0.453 e. The molecule has 0 aliphatic rings. The van der Waals surface area contributed by atoms with Crippen LogP contribution in [0.1, 0.15) is 64.1 Å². The van der Waals surface area contributed by atoms with Crippen LogP contribution in [-0.4, -0.2) is 66.8 Å². The van der Waals surface area contributed by atoms with Gasteiger partial charge < -0.3 is 25.4 Å². The first-order chi connectivity index (χ1) is 21.5. The van der Waals surface area contributed by atoms with Crippen LogP contribution in [0.2, 0.25) is 0 Å². The van der Waals surface area contributed by atoms with Gasteiger partial charge in [-0.25, -0.2) is 13.6 Å². The average Bonchev–Trinajstić information content (AvgIpc) is 2.99. The fourth-order valence-corrected chi connectivity index (χ4v) is 5.03. The van der Waals surface area contributed by atoms with E-state index < -0.39 is 35.8 Å². The molecule has 45 heavy (non-hydrogen) atoms. The Hall–Kier alpha value is -4.35. The first-order valence-corrected chi connectivity index (χ1v) is 15.0. The summed E-state index contributed by atoms with van der Waals surface area (Å²) in [7, 11) is 1.27. The maximum Gasteiger partial charge on any atom is 0.411 e. The van der Waals surface area contributed by atoms with Crippen molar-refractivity contribution in [3.63, 3.8) is 0 Å². The van der Waals surface area contributed by atoms with E-state index in [9.17, 15) is 28.3 Å². The topological polar surface area (TPSA) is 120 Å². The van der Waals surface area contributed by atoms with Crippen LogP contribution >= 0.6 is 0 Å². The number of hydrogen-bond donors (Lipinski definition) is 4. The predicted molar refractivity (Wildman–Crippen MR) is 169 cm³/mol. The van der Waals surface area contributed by atoms with E-state index in [0.29, 0.717) is 36.4 Å². The smallest absolute Gasteiger partial charge is 0.411 e. The normalized spacial score (nSPS) is 12.2. The zero-order valence-corrected chi connectivity index (χ0v) is 26.2. The fourth-order valence-electron chi connectivity index (χ4n) is 5.03. The molecule has 0 heterocycles. The first-order valence-electron chi connectivity index (χ1n) is 15.0. The number of ether oxygens (including phenoxy) is 1. The van der Waals surface area contributed by atoms with Crippen molar-refractivity contribution in [2.45, 2.75) is 58.7 Å². The number of halogens is 2. The molecule has 0 spiro atoms. The quantitative estimate of drug-likeness (QED) is 0.185. The Morgan fingerprint density at radius 2 is 1.58 bits per heavy atom. The van der Waals surface area contributed by atoms with Crippen LogP contribution < -0.4 is 16.0 Å². The highest BCUT2D eigenvalue weighted by Crippen LogP contribution is 2.17. The highest BCUT2D eigenvalue weighted by molar-refractivity contribution is 6.00. The molecule has 0 aromatic heterocycles. The summed E-state index contributed by atoms with van der Waals surface area (Å²) < 4.78 is 32.6. The zero-order chi connectivity index (χ0) is 32.9. The predicted octanol–water partition coefficient (Wildman–Crippen LogP) is 5.21. The monoisotopic (exact) mass is 624 g/mol. The Morgan fingerprint density at radius 3 is 2.22 bits per heavy atom. The molecule has 0 unspecified atom stereocenters. The molecule has 3 amide bonds. The minimum absolute atomic E-state index is 0.0257. The molecule has 0 aliphatic heterocycles. The van der Waals surface area contributed by atoms with Crippen molar-refractivity contribution < 1.29 is 33.0 Å². The number of rotatable bonds is 15. The van der Waals surface area contributed by atoms with Gasteiger partial charge >= 0.3 is 6.09 Å². The number of aryl methyl sites for hydroxylation is 1. The summed E-state index contributed by atoms with van der Waals surface area (Å²) in [6, 6.07) is 14.1. The summed E-state index contributed by atoms with van der Waals surface area (Å²) in [5, 5.41) is 19.7. The molecule has 0 radical (unpaired) electrons.